The van der Waals surface area contributed by atoms with E-state index in [1.807, 2.05) is 0 Å². The molecule has 5 nitrogen and oxygen atoms in total. The number of hydrogen-bond acceptors (Lipinski definition) is 5. The highest BCUT2D eigenvalue weighted by molar-refractivity contribution is 7.91. The standard InChI is InChI=1S/C12H24N2O3S/c1-17-12-3-7-14(8-4-12)6-2-11-10-18(15,16)9-5-13-11/h11-13H,2-10H2,1H3. The van der Waals surface area contributed by atoms with Crippen molar-refractivity contribution in [3.63, 3.8) is 0 Å². The molecule has 2 aliphatic rings. The van der Waals surface area contributed by atoms with Crippen molar-refractivity contribution in [1.29, 1.82) is 0 Å². The Bertz CT molecular complexity index is 350. The predicted molar refractivity (Wildman–Crippen MR) is 71.5 cm³/mol. The van der Waals surface area contributed by atoms with Crippen LogP contribution in [0.1, 0.15) is 19.3 Å². The van der Waals surface area contributed by atoms with Crippen LogP contribution in [0.3, 0.4) is 0 Å². The molecule has 6 heteroatoms. The lowest BCUT2D eigenvalue weighted by molar-refractivity contribution is 0.0402. The van der Waals surface area contributed by atoms with Crippen LogP contribution in [-0.2, 0) is 14.6 Å². The maximum absolute atomic E-state index is 11.5. The molecule has 2 aliphatic heterocycles. The average molecular weight is 276 g/mol. The zero-order chi connectivity index (χ0) is 13.0. The lowest BCUT2D eigenvalue weighted by Crippen LogP contribution is -2.47. The number of rotatable bonds is 4. The van der Waals surface area contributed by atoms with E-state index < -0.39 is 9.84 Å². The van der Waals surface area contributed by atoms with Gasteiger partial charge in [-0.05, 0) is 25.8 Å². The molecule has 2 saturated heterocycles. The molecule has 0 radical (unpaired) electrons. The molecule has 0 aliphatic carbocycles. The second-order valence-corrected chi connectivity index (χ2v) is 7.56. The first-order valence-corrected chi connectivity index (χ1v) is 8.60. The third-order valence-corrected chi connectivity index (χ3v) is 5.70. The van der Waals surface area contributed by atoms with Crippen LogP contribution in [0.4, 0.5) is 0 Å². The second kappa shape index (κ2) is 6.32. The highest BCUT2D eigenvalue weighted by Gasteiger charge is 2.25. The minimum absolute atomic E-state index is 0.142. The van der Waals surface area contributed by atoms with Crippen molar-refractivity contribution in [2.75, 3.05) is 44.8 Å². The molecule has 1 atom stereocenters. The lowest BCUT2D eigenvalue weighted by Gasteiger charge is -2.32. The van der Waals surface area contributed by atoms with Crippen molar-refractivity contribution in [1.82, 2.24) is 10.2 Å². The van der Waals surface area contributed by atoms with Crippen LogP contribution >= 0.6 is 0 Å². The third kappa shape index (κ3) is 4.19. The minimum atomic E-state index is -2.80. The molecular weight excluding hydrogens is 252 g/mol. The average Bonchev–Trinajstić information content (AvgIpc) is 2.36. The Morgan fingerprint density at radius 3 is 2.67 bits per heavy atom. The number of piperidine rings is 1. The van der Waals surface area contributed by atoms with E-state index in [0.29, 0.717) is 24.2 Å². The van der Waals surface area contributed by atoms with Crippen LogP contribution in [-0.4, -0.2) is 70.3 Å². The summed E-state index contributed by atoms with van der Waals surface area (Å²) >= 11 is 0. The van der Waals surface area contributed by atoms with Gasteiger partial charge in [0.15, 0.2) is 9.84 Å². The zero-order valence-electron chi connectivity index (χ0n) is 11.1. The van der Waals surface area contributed by atoms with Gasteiger partial charge >= 0.3 is 0 Å². The van der Waals surface area contributed by atoms with Gasteiger partial charge in [0.05, 0.1) is 17.6 Å². The molecule has 0 aromatic heterocycles. The molecule has 2 heterocycles. The van der Waals surface area contributed by atoms with E-state index >= 15 is 0 Å². The summed E-state index contributed by atoms with van der Waals surface area (Å²) in [6, 6.07) is 0.142. The molecule has 0 amide bonds. The van der Waals surface area contributed by atoms with Crippen LogP contribution in [0.2, 0.25) is 0 Å². The van der Waals surface area contributed by atoms with Gasteiger partial charge < -0.3 is 15.0 Å². The van der Waals surface area contributed by atoms with Crippen LogP contribution in [0.25, 0.3) is 0 Å². The number of nitrogens with one attached hydrogen (secondary N) is 1. The summed E-state index contributed by atoms with van der Waals surface area (Å²) in [4.78, 5) is 2.42. The van der Waals surface area contributed by atoms with Crippen molar-refractivity contribution < 1.29 is 13.2 Å². The lowest BCUT2D eigenvalue weighted by atomic mass is 10.1. The first-order chi connectivity index (χ1) is 8.59. The molecule has 0 aromatic carbocycles. The highest BCUT2D eigenvalue weighted by Crippen LogP contribution is 2.14. The molecule has 1 N–H and O–H groups in total. The van der Waals surface area contributed by atoms with Gasteiger partial charge in [-0.25, -0.2) is 8.42 Å². The van der Waals surface area contributed by atoms with Gasteiger partial charge in [-0.2, -0.15) is 0 Å². The van der Waals surface area contributed by atoms with Gasteiger partial charge in [-0.15, -0.1) is 0 Å². The summed E-state index contributed by atoms with van der Waals surface area (Å²) in [5.74, 6) is 0.601. The normalized spacial score (nSPS) is 30.4. The molecule has 18 heavy (non-hydrogen) atoms. The fourth-order valence-electron chi connectivity index (χ4n) is 2.76. The topological polar surface area (TPSA) is 58.6 Å². The number of hydrogen-bond donors (Lipinski definition) is 1. The Morgan fingerprint density at radius 2 is 2.06 bits per heavy atom. The molecule has 0 aromatic rings. The smallest absolute Gasteiger partial charge is 0.153 e. The largest absolute Gasteiger partial charge is 0.381 e. The van der Waals surface area contributed by atoms with E-state index in [9.17, 15) is 8.42 Å². The SMILES string of the molecule is COC1CCN(CCC2CS(=O)(=O)CCN2)CC1. The van der Waals surface area contributed by atoms with Crippen LogP contribution in [0, 0.1) is 0 Å². The van der Waals surface area contributed by atoms with Crippen molar-refractivity contribution in [2.45, 2.75) is 31.4 Å². The molecule has 2 rings (SSSR count). The Labute approximate surface area is 110 Å². The van der Waals surface area contributed by atoms with Gasteiger partial charge in [0.25, 0.3) is 0 Å². The molecule has 0 spiro atoms. The fourth-order valence-corrected chi connectivity index (χ4v) is 4.25. The third-order valence-electron chi connectivity index (χ3n) is 3.96. The molecule has 106 valence electrons. The summed E-state index contributed by atoms with van der Waals surface area (Å²) in [5, 5.41) is 3.30. The van der Waals surface area contributed by atoms with Gasteiger partial charge in [0.2, 0.25) is 0 Å². The van der Waals surface area contributed by atoms with Gasteiger partial charge in [-0.1, -0.05) is 0 Å². The molecular formula is C12H24N2O3S. The number of nitrogens with zero attached hydrogens (tertiary/aromatic N) is 1. The van der Waals surface area contributed by atoms with E-state index in [4.69, 9.17) is 4.74 Å². The van der Waals surface area contributed by atoms with E-state index in [2.05, 4.69) is 10.2 Å². The molecule has 1 unspecified atom stereocenters. The Morgan fingerprint density at radius 1 is 1.33 bits per heavy atom. The second-order valence-electron chi connectivity index (χ2n) is 5.33. The summed E-state index contributed by atoms with van der Waals surface area (Å²) in [5.41, 5.74) is 0. The quantitative estimate of drug-likeness (QED) is 0.775. The van der Waals surface area contributed by atoms with Crippen LogP contribution in [0.5, 0.6) is 0 Å². The fraction of sp³-hybridized carbons (Fsp3) is 1.00. The first kappa shape index (κ1) is 14.2. The summed E-state index contributed by atoms with van der Waals surface area (Å²) in [6.07, 6.45) is 3.52. The van der Waals surface area contributed by atoms with Crippen molar-refractivity contribution >= 4 is 9.84 Å². The number of likely N-dealkylation sites (tertiary alicyclic amines) is 1. The zero-order valence-corrected chi connectivity index (χ0v) is 11.9. The molecule has 2 fully saturated rings. The first-order valence-electron chi connectivity index (χ1n) is 6.78. The number of sulfone groups is 1. The molecule has 0 bridgehead atoms. The van der Waals surface area contributed by atoms with E-state index in [0.717, 1.165) is 38.9 Å². The summed E-state index contributed by atoms with van der Waals surface area (Å²) in [7, 11) is -1.02. The minimum Gasteiger partial charge on any atom is -0.381 e. The Kier molecular flexibility index (Phi) is 5.00. The van der Waals surface area contributed by atoms with E-state index in [1.54, 1.807) is 7.11 Å². The maximum Gasteiger partial charge on any atom is 0.153 e. The van der Waals surface area contributed by atoms with Crippen LogP contribution in [0.15, 0.2) is 0 Å². The van der Waals surface area contributed by atoms with Gasteiger partial charge in [-0.3, -0.25) is 0 Å². The van der Waals surface area contributed by atoms with Crippen molar-refractivity contribution in [2.24, 2.45) is 0 Å². The predicted octanol–water partition coefficient (Wildman–Crippen LogP) is -0.126. The van der Waals surface area contributed by atoms with Gasteiger partial charge in [0, 0.05) is 32.8 Å². The summed E-state index contributed by atoms with van der Waals surface area (Å²) in [6.45, 7) is 3.73. The monoisotopic (exact) mass is 276 g/mol. The molecule has 0 saturated carbocycles. The van der Waals surface area contributed by atoms with Crippen molar-refractivity contribution in [3.05, 3.63) is 0 Å². The Hall–Kier alpha value is -0.170. The van der Waals surface area contributed by atoms with E-state index in [1.165, 1.54) is 0 Å². The van der Waals surface area contributed by atoms with Crippen LogP contribution < -0.4 is 5.32 Å². The maximum atomic E-state index is 11.5. The number of ether oxygens (including phenoxy) is 1. The number of methoxy groups -OCH3 is 1. The van der Waals surface area contributed by atoms with Gasteiger partial charge in [0.1, 0.15) is 0 Å². The Balaban J connectivity index is 1.69. The highest BCUT2D eigenvalue weighted by atomic mass is 32.2. The van der Waals surface area contributed by atoms with E-state index in [-0.39, 0.29) is 6.04 Å². The van der Waals surface area contributed by atoms with Crippen molar-refractivity contribution in [3.8, 4) is 0 Å². The summed E-state index contributed by atoms with van der Waals surface area (Å²) < 4.78 is 28.4.